The van der Waals surface area contributed by atoms with Gasteiger partial charge in [0.2, 0.25) is 0 Å². The number of rotatable bonds is 2. The second kappa shape index (κ2) is 4.15. The first kappa shape index (κ1) is 12.8. The highest BCUT2D eigenvalue weighted by Crippen LogP contribution is 2.56. The minimum absolute atomic E-state index is 0.0666. The monoisotopic (exact) mass is 265 g/mol. The molecule has 104 valence electrons. The van der Waals surface area contributed by atoms with E-state index in [1.165, 1.54) is 7.11 Å². The van der Waals surface area contributed by atoms with Gasteiger partial charge in [0.05, 0.1) is 19.8 Å². The van der Waals surface area contributed by atoms with Crippen LogP contribution in [0.25, 0.3) is 0 Å². The summed E-state index contributed by atoms with van der Waals surface area (Å²) in [5.74, 6) is -0.256. The van der Waals surface area contributed by atoms with Gasteiger partial charge in [-0.1, -0.05) is 11.6 Å². The molecule has 0 aromatic carbocycles. The zero-order valence-corrected chi connectivity index (χ0v) is 11.3. The Hall–Kier alpha value is -1.20. The number of aliphatic hydroxyl groups excluding tert-OH is 1. The maximum absolute atomic E-state index is 12.3. The second-order valence-electron chi connectivity index (χ2n) is 5.72. The normalized spacial score (nSPS) is 45.8. The number of allylic oxidation sites excluding steroid dienone is 1. The minimum atomic E-state index is -0.961. The molecule has 5 nitrogen and oxygen atoms in total. The fourth-order valence-electron chi connectivity index (χ4n) is 4.32. The zero-order chi connectivity index (χ0) is 13.8. The molecule has 5 heteroatoms. The van der Waals surface area contributed by atoms with Gasteiger partial charge in [0.15, 0.2) is 5.78 Å². The molecule has 0 aromatic rings. The van der Waals surface area contributed by atoms with Crippen molar-refractivity contribution in [2.75, 3.05) is 20.3 Å². The summed E-state index contributed by atoms with van der Waals surface area (Å²) in [7, 11) is 1.35. The van der Waals surface area contributed by atoms with Crippen molar-refractivity contribution >= 4 is 11.8 Å². The van der Waals surface area contributed by atoms with Gasteiger partial charge in [-0.15, -0.1) is 0 Å². The number of ketones is 1. The number of hydrogen-bond donors (Lipinski definition) is 1. The second-order valence-corrected chi connectivity index (χ2v) is 5.72. The molecule has 4 aliphatic heterocycles. The van der Waals surface area contributed by atoms with Crippen LogP contribution in [0.3, 0.4) is 0 Å². The summed E-state index contributed by atoms with van der Waals surface area (Å²) in [5.41, 5.74) is 0.180. The molecule has 0 spiro atoms. The van der Waals surface area contributed by atoms with Crippen LogP contribution in [0.1, 0.15) is 19.8 Å². The third-order valence-corrected chi connectivity index (χ3v) is 5.25. The highest BCUT2D eigenvalue weighted by atomic mass is 16.5. The van der Waals surface area contributed by atoms with Gasteiger partial charge in [-0.2, -0.15) is 0 Å². The first-order chi connectivity index (χ1) is 9.09. The number of Topliss-reactive ketones (excluding diaryl/α,β-unsaturated/α-hetero) is 1. The van der Waals surface area contributed by atoms with Gasteiger partial charge in [-0.25, -0.2) is 0 Å². The van der Waals surface area contributed by atoms with Crippen LogP contribution in [0.2, 0.25) is 0 Å². The first-order valence-corrected chi connectivity index (χ1v) is 6.73. The Kier molecular flexibility index (Phi) is 2.80. The Labute approximate surface area is 112 Å². The van der Waals surface area contributed by atoms with Crippen LogP contribution < -0.4 is 0 Å². The van der Waals surface area contributed by atoms with Crippen molar-refractivity contribution in [2.24, 2.45) is 11.3 Å². The molecule has 0 amide bonds. The van der Waals surface area contributed by atoms with Crippen molar-refractivity contribution in [1.29, 1.82) is 0 Å². The van der Waals surface area contributed by atoms with E-state index < -0.39 is 5.41 Å². The maximum atomic E-state index is 12.3. The van der Waals surface area contributed by atoms with Gasteiger partial charge in [-0.05, 0) is 13.3 Å². The van der Waals surface area contributed by atoms with E-state index in [4.69, 9.17) is 4.74 Å². The van der Waals surface area contributed by atoms with E-state index in [0.717, 1.165) is 12.1 Å². The third-order valence-electron chi connectivity index (χ3n) is 5.25. The van der Waals surface area contributed by atoms with Gasteiger partial charge >= 0.3 is 5.97 Å². The number of ether oxygens (including phenoxy) is 1. The van der Waals surface area contributed by atoms with E-state index in [9.17, 15) is 14.7 Å². The Morgan fingerprint density at radius 2 is 2.37 bits per heavy atom. The number of nitrogens with zero attached hydrogens (tertiary/aromatic N) is 1. The Bertz CT molecular complexity index is 472. The van der Waals surface area contributed by atoms with E-state index in [2.05, 4.69) is 4.90 Å². The van der Waals surface area contributed by atoms with Crippen molar-refractivity contribution < 1.29 is 19.4 Å². The summed E-state index contributed by atoms with van der Waals surface area (Å²) in [6.45, 7) is 2.42. The molecule has 4 fully saturated rings. The van der Waals surface area contributed by atoms with E-state index in [0.29, 0.717) is 12.8 Å². The number of fused-ring (bicyclic) bond motifs is 1. The highest BCUT2D eigenvalue weighted by Gasteiger charge is 2.67. The van der Waals surface area contributed by atoms with Crippen LogP contribution in [-0.2, 0) is 14.3 Å². The molecule has 1 unspecified atom stereocenters. The van der Waals surface area contributed by atoms with Crippen LogP contribution in [0.4, 0.5) is 0 Å². The maximum Gasteiger partial charge on any atom is 0.316 e. The molecule has 0 radical (unpaired) electrons. The molecule has 4 rings (SSSR count). The average Bonchev–Trinajstić information content (AvgIpc) is 2.71. The summed E-state index contributed by atoms with van der Waals surface area (Å²) >= 11 is 0. The first-order valence-electron chi connectivity index (χ1n) is 6.73. The van der Waals surface area contributed by atoms with E-state index >= 15 is 0 Å². The lowest BCUT2D eigenvalue weighted by Gasteiger charge is -2.56. The van der Waals surface area contributed by atoms with Gasteiger partial charge in [0.1, 0.15) is 5.41 Å². The quantitative estimate of drug-likeness (QED) is 0.568. The molecule has 0 aliphatic carbocycles. The van der Waals surface area contributed by atoms with E-state index in [1.54, 1.807) is 0 Å². The van der Waals surface area contributed by atoms with Crippen LogP contribution >= 0.6 is 0 Å². The summed E-state index contributed by atoms with van der Waals surface area (Å²) in [6.07, 6.45) is 2.99. The van der Waals surface area contributed by atoms with Gasteiger partial charge in [-0.3, -0.25) is 14.5 Å². The number of methoxy groups -OCH3 is 1. The molecule has 4 aliphatic rings. The lowest BCUT2D eigenvalue weighted by atomic mass is 9.60. The van der Waals surface area contributed by atoms with Crippen LogP contribution in [-0.4, -0.2) is 54.1 Å². The molecule has 5 atom stereocenters. The van der Waals surface area contributed by atoms with Crippen molar-refractivity contribution in [3.8, 4) is 0 Å². The largest absolute Gasteiger partial charge is 0.468 e. The van der Waals surface area contributed by atoms with Crippen molar-refractivity contribution in [2.45, 2.75) is 31.8 Å². The van der Waals surface area contributed by atoms with E-state index in [-0.39, 0.29) is 36.4 Å². The molecule has 1 N–H and O–H groups in total. The zero-order valence-electron chi connectivity index (χ0n) is 11.3. The third kappa shape index (κ3) is 1.37. The molecular formula is C14H19NO4. The summed E-state index contributed by atoms with van der Waals surface area (Å²) in [5, 5.41) is 9.92. The van der Waals surface area contributed by atoms with Crippen LogP contribution in [0.15, 0.2) is 11.6 Å². The Morgan fingerprint density at radius 1 is 1.63 bits per heavy atom. The molecule has 0 saturated carbocycles. The lowest BCUT2D eigenvalue weighted by molar-refractivity contribution is -0.175. The predicted molar refractivity (Wildman–Crippen MR) is 67.3 cm³/mol. The standard InChI is InChI=1S/C14H19NO4/c1-3-8-6-15-10-4-9(8)14(7-16,13(18)19-2)12(15)5-11(10)17/h3,9-10,12,16H,4-7H2,1-2H3/b8-3+/t9-,10-,12-,14-/m0/s1. The van der Waals surface area contributed by atoms with Gasteiger partial charge in [0.25, 0.3) is 0 Å². The van der Waals surface area contributed by atoms with Crippen molar-refractivity contribution in [3.05, 3.63) is 11.6 Å². The molecule has 19 heavy (non-hydrogen) atoms. The van der Waals surface area contributed by atoms with Gasteiger partial charge in [0, 0.05) is 24.9 Å². The summed E-state index contributed by atoms with van der Waals surface area (Å²) in [6, 6.07) is -0.270. The smallest absolute Gasteiger partial charge is 0.316 e. The SMILES string of the molecule is C/C=C1\CN2[C@H]3CC(=O)[C@@H]2C[C@@H]1[C@]3(CO)C(=O)OC. The van der Waals surface area contributed by atoms with Crippen molar-refractivity contribution in [3.63, 3.8) is 0 Å². The fraction of sp³-hybridized carbons (Fsp3) is 0.714. The van der Waals surface area contributed by atoms with Crippen molar-refractivity contribution in [1.82, 2.24) is 4.90 Å². The molecule has 4 bridgehead atoms. The predicted octanol–water partition coefficient (Wildman–Crippen LogP) is 0.130. The van der Waals surface area contributed by atoms with Crippen LogP contribution in [0.5, 0.6) is 0 Å². The molecular weight excluding hydrogens is 246 g/mol. The topological polar surface area (TPSA) is 66.8 Å². The average molecular weight is 265 g/mol. The number of carbonyl (C=O) groups excluding carboxylic acids is 2. The number of piperidine rings is 3. The Balaban J connectivity index is 2.13. The summed E-state index contributed by atoms with van der Waals surface area (Å²) < 4.78 is 4.95. The molecule has 4 heterocycles. The molecule has 0 aromatic heterocycles. The molecule has 4 saturated heterocycles. The minimum Gasteiger partial charge on any atom is -0.468 e. The van der Waals surface area contributed by atoms with E-state index in [1.807, 2.05) is 13.0 Å². The fourth-order valence-corrected chi connectivity index (χ4v) is 4.32. The number of aliphatic hydroxyl groups is 1. The lowest BCUT2D eigenvalue weighted by Crippen LogP contribution is -2.66. The number of carbonyl (C=O) groups is 2. The Morgan fingerprint density at radius 3 is 2.95 bits per heavy atom. The number of esters is 1. The number of hydrogen-bond acceptors (Lipinski definition) is 5. The summed E-state index contributed by atoms with van der Waals surface area (Å²) in [4.78, 5) is 26.5. The van der Waals surface area contributed by atoms with Gasteiger partial charge < -0.3 is 9.84 Å². The highest BCUT2D eigenvalue weighted by molar-refractivity contribution is 5.91. The van der Waals surface area contributed by atoms with Crippen LogP contribution in [0, 0.1) is 11.3 Å².